The summed E-state index contributed by atoms with van der Waals surface area (Å²) in [5.41, 5.74) is 2.04. The number of ether oxygens (including phenoxy) is 2. The van der Waals surface area contributed by atoms with E-state index in [1.807, 2.05) is 24.3 Å². The molecule has 1 fully saturated rings. The monoisotopic (exact) mass is 415 g/mol. The molecule has 0 radical (unpaired) electrons. The van der Waals surface area contributed by atoms with E-state index in [-0.39, 0.29) is 6.04 Å². The lowest BCUT2D eigenvalue weighted by molar-refractivity contribution is -0.0511. The number of imidazole rings is 1. The van der Waals surface area contributed by atoms with Crippen LogP contribution >= 0.6 is 0 Å². The van der Waals surface area contributed by atoms with E-state index in [4.69, 9.17) is 9.47 Å². The van der Waals surface area contributed by atoms with Gasteiger partial charge in [0.05, 0.1) is 26.1 Å². The van der Waals surface area contributed by atoms with Crippen molar-refractivity contribution in [1.29, 1.82) is 0 Å². The van der Waals surface area contributed by atoms with E-state index in [1.165, 1.54) is 12.7 Å². The number of benzene rings is 1. The zero-order valence-electron chi connectivity index (χ0n) is 16.7. The molecule has 1 saturated heterocycles. The fourth-order valence-corrected chi connectivity index (χ4v) is 3.68. The molecule has 10 nitrogen and oxygen atoms in total. The van der Waals surface area contributed by atoms with Crippen molar-refractivity contribution in [3.8, 4) is 5.75 Å². The molecule has 160 valence electrons. The Kier molecular flexibility index (Phi) is 5.82. The van der Waals surface area contributed by atoms with Gasteiger partial charge in [0.15, 0.2) is 23.2 Å². The van der Waals surface area contributed by atoms with Crippen molar-refractivity contribution < 1.29 is 24.8 Å². The Labute approximate surface area is 173 Å². The molecule has 10 heteroatoms. The predicted molar refractivity (Wildman–Crippen MR) is 108 cm³/mol. The molecular weight excluding hydrogens is 390 g/mol. The van der Waals surface area contributed by atoms with E-state index >= 15 is 0 Å². The summed E-state index contributed by atoms with van der Waals surface area (Å²) < 4.78 is 12.4. The van der Waals surface area contributed by atoms with Crippen molar-refractivity contribution in [2.45, 2.75) is 43.9 Å². The number of methoxy groups -OCH3 is 1. The number of nitrogens with one attached hydrogen (secondary N) is 1. The smallest absolute Gasteiger partial charge is 0.167 e. The van der Waals surface area contributed by atoms with Crippen molar-refractivity contribution in [2.75, 3.05) is 19.0 Å². The van der Waals surface area contributed by atoms with Crippen LogP contribution in [0.1, 0.15) is 31.2 Å². The third-order valence-corrected chi connectivity index (χ3v) is 5.39. The van der Waals surface area contributed by atoms with Crippen molar-refractivity contribution in [1.82, 2.24) is 19.5 Å². The van der Waals surface area contributed by atoms with Crippen LogP contribution in [0, 0.1) is 0 Å². The van der Waals surface area contributed by atoms with Crippen molar-refractivity contribution in [3.05, 3.63) is 42.5 Å². The molecule has 0 amide bonds. The number of nitrogens with zero attached hydrogens (tertiary/aromatic N) is 4. The van der Waals surface area contributed by atoms with Crippen LogP contribution in [-0.4, -0.2) is 66.9 Å². The largest absolute Gasteiger partial charge is 0.497 e. The summed E-state index contributed by atoms with van der Waals surface area (Å²) >= 11 is 0. The van der Waals surface area contributed by atoms with Crippen molar-refractivity contribution in [2.24, 2.45) is 0 Å². The zero-order valence-corrected chi connectivity index (χ0v) is 16.7. The number of aliphatic hydroxyl groups is 3. The van der Waals surface area contributed by atoms with Gasteiger partial charge in [0.2, 0.25) is 0 Å². The standard InChI is InChI=1S/C20H25N5O5/c1-3-13(11-4-6-12(29-2)7-5-11)24-18-15-19(22-9-21-18)25(10-23-15)20-17(28)16(27)14(8-26)30-20/h4-7,9-10,13-14,16-17,20,26-28H,3,8H2,1-2H3,(H,21,22,24)/t13?,14-,16+,17?,20-/m1/s1. The van der Waals surface area contributed by atoms with Gasteiger partial charge < -0.3 is 30.1 Å². The highest BCUT2D eigenvalue weighted by molar-refractivity contribution is 5.83. The minimum atomic E-state index is -1.21. The summed E-state index contributed by atoms with van der Waals surface area (Å²) in [4.78, 5) is 13.0. The first kappa shape index (κ1) is 20.5. The summed E-state index contributed by atoms with van der Waals surface area (Å²) in [7, 11) is 1.63. The fourth-order valence-electron chi connectivity index (χ4n) is 3.68. The highest BCUT2D eigenvalue weighted by atomic mass is 16.6. The molecule has 0 saturated carbocycles. The van der Waals surface area contributed by atoms with Crippen LogP contribution in [0.5, 0.6) is 5.75 Å². The van der Waals surface area contributed by atoms with Crippen LogP contribution in [0.4, 0.5) is 5.82 Å². The average molecular weight is 415 g/mol. The lowest BCUT2D eigenvalue weighted by Crippen LogP contribution is -2.33. The molecule has 1 aromatic carbocycles. The maximum absolute atomic E-state index is 10.3. The van der Waals surface area contributed by atoms with Gasteiger partial charge in [-0.25, -0.2) is 15.0 Å². The molecule has 0 aliphatic carbocycles. The number of aromatic nitrogens is 4. The summed E-state index contributed by atoms with van der Waals surface area (Å²) in [6.07, 6.45) is -0.489. The summed E-state index contributed by atoms with van der Waals surface area (Å²) in [6.45, 7) is 1.67. The van der Waals surface area contributed by atoms with Gasteiger partial charge in [-0.3, -0.25) is 4.57 Å². The van der Waals surface area contributed by atoms with Crippen LogP contribution in [-0.2, 0) is 4.74 Å². The van der Waals surface area contributed by atoms with Gasteiger partial charge in [-0.15, -0.1) is 0 Å². The highest BCUT2D eigenvalue weighted by Gasteiger charge is 2.44. The minimum absolute atomic E-state index is 0.00642. The van der Waals surface area contributed by atoms with Gasteiger partial charge in [0.1, 0.15) is 30.4 Å². The Balaban J connectivity index is 1.63. The van der Waals surface area contributed by atoms with Crippen LogP contribution in [0.2, 0.25) is 0 Å². The Bertz CT molecular complexity index is 995. The highest BCUT2D eigenvalue weighted by Crippen LogP contribution is 2.33. The first-order valence-electron chi connectivity index (χ1n) is 9.77. The van der Waals surface area contributed by atoms with Gasteiger partial charge in [0.25, 0.3) is 0 Å². The van der Waals surface area contributed by atoms with Gasteiger partial charge in [-0.05, 0) is 24.1 Å². The van der Waals surface area contributed by atoms with Gasteiger partial charge in [-0.2, -0.15) is 0 Å². The second-order valence-electron chi connectivity index (χ2n) is 7.15. The number of anilines is 1. The van der Waals surface area contributed by atoms with Crippen molar-refractivity contribution in [3.63, 3.8) is 0 Å². The SMILES string of the molecule is CCC(Nc1ncnc2c1ncn2[C@@H]1O[C@H](CO)[C@H](O)C1O)c1ccc(OC)cc1. The Morgan fingerprint density at radius 1 is 1.17 bits per heavy atom. The van der Waals surface area contributed by atoms with Crippen LogP contribution in [0.15, 0.2) is 36.9 Å². The molecule has 30 heavy (non-hydrogen) atoms. The van der Waals surface area contributed by atoms with Crippen LogP contribution in [0.3, 0.4) is 0 Å². The quantitative estimate of drug-likeness (QED) is 0.446. The van der Waals surface area contributed by atoms with E-state index in [0.717, 1.165) is 17.7 Å². The van der Waals surface area contributed by atoms with Crippen LogP contribution in [0.25, 0.3) is 11.2 Å². The number of fused-ring (bicyclic) bond motifs is 1. The topological polar surface area (TPSA) is 135 Å². The van der Waals surface area contributed by atoms with Gasteiger partial charge in [-0.1, -0.05) is 19.1 Å². The lowest BCUT2D eigenvalue weighted by atomic mass is 10.0. The third kappa shape index (κ3) is 3.58. The summed E-state index contributed by atoms with van der Waals surface area (Å²) in [6, 6.07) is 7.80. The fraction of sp³-hybridized carbons (Fsp3) is 0.450. The molecule has 4 rings (SSSR count). The second kappa shape index (κ2) is 8.52. The normalized spacial score (nSPS) is 24.8. The molecule has 0 bridgehead atoms. The first-order valence-corrected chi connectivity index (χ1v) is 9.77. The molecule has 3 aromatic rings. The van der Waals surface area contributed by atoms with Gasteiger partial charge in [0, 0.05) is 0 Å². The van der Waals surface area contributed by atoms with Crippen molar-refractivity contribution >= 4 is 17.0 Å². The van der Waals surface area contributed by atoms with Crippen LogP contribution < -0.4 is 10.1 Å². The average Bonchev–Trinajstić information content (AvgIpc) is 3.33. The second-order valence-corrected chi connectivity index (χ2v) is 7.15. The molecule has 1 aliphatic heterocycles. The van der Waals surface area contributed by atoms with E-state index in [1.54, 1.807) is 11.7 Å². The Morgan fingerprint density at radius 3 is 2.57 bits per heavy atom. The number of hydrogen-bond donors (Lipinski definition) is 4. The number of hydrogen-bond acceptors (Lipinski definition) is 9. The molecule has 0 spiro atoms. The number of rotatable bonds is 7. The molecule has 2 unspecified atom stereocenters. The number of aliphatic hydroxyl groups excluding tert-OH is 3. The molecule has 3 heterocycles. The zero-order chi connectivity index (χ0) is 21.3. The third-order valence-electron chi connectivity index (χ3n) is 5.39. The molecule has 4 N–H and O–H groups in total. The van der Waals surface area contributed by atoms with E-state index in [0.29, 0.717) is 17.0 Å². The lowest BCUT2D eigenvalue weighted by Gasteiger charge is -2.19. The maximum atomic E-state index is 10.3. The Morgan fingerprint density at radius 2 is 1.93 bits per heavy atom. The molecule has 2 aromatic heterocycles. The molecule has 5 atom stereocenters. The van der Waals surface area contributed by atoms with Gasteiger partial charge >= 0.3 is 0 Å². The maximum Gasteiger partial charge on any atom is 0.167 e. The minimum Gasteiger partial charge on any atom is -0.497 e. The van der Waals surface area contributed by atoms with E-state index < -0.39 is 31.1 Å². The Hall–Kier alpha value is -2.79. The molecule has 1 aliphatic rings. The summed E-state index contributed by atoms with van der Waals surface area (Å²) in [5.74, 6) is 1.34. The molecular formula is C20H25N5O5. The van der Waals surface area contributed by atoms with E-state index in [2.05, 4.69) is 27.2 Å². The first-order chi connectivity index (χ1) is 14.6. The summed E-state index contributed by atoms with van der Waals surface area (Å²) in [5, 5.41) is 33.1. The van der Waals surface area contributed by atoms with E-state index in [9.17, 15) is 15.3 Å². The predicted octanol–water partition coefficient (Wildman–Crippen LogP) is 1.01.